The minimum Gasteiger partial charge on any atom is -0.508 e. The van der Waals surface area contributed by atoms with E-state index in [9.17, 15) is 69.6 Å². The zero-order valence-electron chi connectivity index (χ0n) is 70.1. The number of amides is 12. The summed E-state index contributed by atoms with van der Waals surface area (Å²) in [6.45, 7) is 7.16. The molecular weight excluding hydrogens is 1600 g/mol. The molecule has 0 radical (unpaired) electrons. The summed E-state index contributed by atoms with van der Waals surface area (Å²) in [7, 11) is 0. The monoisotopic (exact) mass is 1720 g/mol. The van der Waals surface area contributed by atoms with Gasteiger partial charge in [0.1, 0.15) is 85.1 Å². The number of hydrogen-bond acceptors (Lipinski definition) is 23. The van der Waals surface area contributed by atoms with Crippen LogP contribution in [0.3, 0.4) is 0 Å². The lowest BCUT2D eigenvalue weighted by molar-refractivity contribution is -0.148. The highest BCUT2D eigenvalue weighted by Crippen LogP contribution is 2.45. The van der Waals surface area contributed by atoms with Gasteiger partial charge in [0.15, 0.2) is 0 Å². The van der Waals surface area contributed by atoms with Gasteiger partial charge >= 0.3 is 6.09 Å². The minimum atomic E-state index is -2.45. The number of thioether (sulfide) groups is 1. The fraction of sp³-hybridized carbons (Fsp3) is 0.586. The van der Waals surface area contributed by atoms with Crippen molar-refractivity contribution in [3.05, 3.63) is 125 Å². The molecule has 35 heteroatoms. The van der Waals surface area contributed by atoms with Gasteiger partial charge < -0.3 is 108 Å². The predicted octanol–water partition coefficient (Wildman–Crippen LogP) is 1.01. The summed E-state index contributed by atoms with van der Waals surface area (Å²) >= 11 is 1.44. The first kappa shape index (κ1) is 96.0. The normalized spacial score (nSPS) is 25.0. The van der Waals surface area contributed by atoms with E-state index in [1.54, 1.807) is 37.3 Å². The Hall–Kier alpha value is -9.85. The lowest BCUT2D eigenvalue weighted by Gasteiger charge is -2.35. The molecule has 4 saturated heterocycles. The number of aliphatic hydroxyl groups is 7. The Balaban J connectivity index is 1.03. The number of likely N-dealkylation sites (tertiary alicyclic amines) is 1. The van der Waals surface area contributed by atoms with Gasteiger partial charge in [0.2, 0.25) is 65.5 Å². The van der Waals surface area contributed by atoms with Gasteiger partial charge in [-0.25, -0.2) is 4.79 Å². The Bertz CT molecular complexity index is 4150. The fourth-order valence-electron chi connectivity index (χ4n) is 16.9. The van der Waals surface area contributed by atoms with E-state index < -0.39 is 213 Å². The third kappa shape index (κ3) is 25.9. The van der Waals surface area contributed by atoms with Gasteiger partial charge in [-0.05, 0) is 122 Å². The second kappa shape index (κ2) is 46.6. The number of phenols is 1. The highest BCUT2D eigenvalue weighted by Gasteiger charge is 2.51. The summed E-state index contributed by atoms with van der Waals surface area (Å²) in [5, 5.41) is 120. The molecule has 122 heavy (non-hydrogen) atoms. The number of carbonyl (C=O) groups is 12. The van der Waals surface area contributed by atoms with Crippen LogP contribution in [0.4, 0.5) is 4.79 Å². The van der Waals surface area contributed by atoms with Crippen LogP contribution in [0, 0.1) is 11.8 Å². The van der Waals surface area contributed by atoms with Crippen LogP contribution in [0.15, 0.2) is 103 Å². The molecule has 4 aromatic carbocycles. The first-order valence-corrected chi connectivity index (χ1v) is 43.9. The van der Waals surface area contributed by atoms with Gasteiger partial charge in [-0.3, -0.25) is 58.1 Å². The molecule has 20 atom stereocenters. The molecule has 4 heterocycles. The number of aliphatic hydroxyl groups excluding tert-OH is 7. The number of phenolic OH excluding ortho intramolecular Hbond substituents is 1. The average molecular weight is 1720 g/mol. The Morgan fingerprint density at radius 2 is 1.27 bits per heavy atom. The van der Waals surface area contributed by atoms with Crippen LogP contribution < -0.4 is 53.2 Å². The maximum atomic E-state index is 15.8. The number of carbonyl (C=O) groups excluding carboxylic acids is 12. The molecular formula is C87H123N13O21S. The van der Waals surface area contributed by atoms with Gasteiger partial charge in [-0.15, -0.1) is 0 Å². The Kier molecular flexibility index (Phi) is 36.6. The average Bonchev–Trinajstić information content (AvgIpc) is 1.62. The zero-order valence-corrected chi connectivity index (χ0v) is 70.9. The lowest BCUT2D eigenvalue weighted by Crippen LogP contribution is -2.65. The summed E-state index contributed by atoms with van der Waals surface area (Å²) in [6, 6.07) is 12.2. The van der Waals surface area contributed by atoms with Crippen LogP contribution >= 0.6 is 11.8 Å². The van der Waals surface area contributed by atoms with Crippen molar-refractivity contribution in [2.75, 3.05) is 51.3 Å². The van der Waals surface area contributed by atoms with Crippen LogP contribution in [-0.4, -0.2) is 282 Å². The Labute approximate surface area is 715 Å². The van der Waals surface area contributed by atoms with Gasteiger partial charge in [0.25, 0.3) is 0 Å². The number of nitrogens with zero attached hydrogens (tertiary/aromatic N) is 3. The van der Waals surface area contributed by atoms with Crippen LogP contribution in [-0.2, 0) is 63.9 Å². The standard InChI is InChI=1S/C87H123N13O21S/c1-7-49(2)41-50(3)21-13-10-8-9-11-16-28-70(108)92-63-45-69(107)77(88-37-38-90-87(120)121-47-61-59-26-19-17-24-57(59)58-25-18-20-27-60(58)61)97-83(116)74-68(106)34-39-98(74)86(119)72(67(105)33-36-89-80(113)66(43-53-22-14-12-15-23-53)100-51(4)42-64(84(100)117)93-78(111)62(91-48-101)35-40-122-6)95-82(115)73(76(110)75(109)54-29-31-55(103)32-30-54)96-81(114)65-44-56(104)46-99(65)85(118)71(52(5)102)94-79(63)112/h12,14-15,17-20,22-27,29-32,48-52,56,61-69,71-77,88,102-107,109-110H,7-11,13,16,21,28,33-47H2,1-6H3,(H,89,113)(H,90,120)(H,91,101)(H,92,108)(H,93,111)(H,94,112)(H,95,115)(H,96,114)(H,97,116)/t49-,50+,51?,52+,56+,62-,63-,64-,65-,66-,67+,68-,69+,71-,72-,73-,74-,75-,76-,77-/m0/s1. The second-order valence-corrected chi connectivity index (χ2v) is 33.9. The van der Waals surface area contributed by atoms with E-state index in [0.29, 0.717) is 42.4 Å². The van der Waals surface area contributed by atoms with Crippen LogP contribution in [0.5, 0.6) is 5.75 Å². The molecule has 12 amide bonds. The van der Waals surface area contributed by atoms with E-state index in [0.717, 1.165) is 96.1 Å². The van der Waals surface area contributed by atoms with Crippen molar-refractivity contribution in [1.82, 2.24) is 67.9 Å². The van der Waals surface area contributed by atoms with Crippen molar-refractivity contribution in [1.29, 1.82) is 0 Å². The van der Waals surface area contributed by atoms with E-state index in [1.807, 2.05) is 54.8 Å². The number of benzene rings is 4. The molecule has 4 fully saturated rings. The summed E-state index contributed by atoms with van der Waals surface area (Å²) in [5.74, 6) is -9.34. The Morgan fingerprint density at radius 1 is 0.631 bits per heavy atom. The quantitative estimate of drug-likeness (QED) is 0.0220. The third-order valence-electron chi connectivity index (χ3n) is 23.8. The minimum absolute atomic E-state index is 0.0505. The predicted molar refractivity (Wildman–Crippen MR) is 451 cm³/mol. The van der Waals surface area contributed by atoms with Gasteiger partial charge in [-0.1, -0.05) is 157 Å². The van der Waals surface area contributed by atoms with Crippen molar-refractivity contribution < 1.29 is 103 Å². The molecule has 18 N–H and O–H groups in total. The summed E-state index contributed by atoms with van der Waals surface area (Å²) in [6.07, 6.45) is -8.46. The molecule has 0 spiro atoms. The van der Waals surface area contributed by atoms with E-state index >= 15 is 28.8 Å². The maximum Gasteiger partial charge on any atom is 0.407 e. The summed E-state index contributed by atoms with van der Waals surface area (Å²) in [5.41, 5.74) is 4.32. The number of rotatable bonds is 38. The number of aromatic hydroxyl groups is 1. The first-order chi connectivity index (χ1) is 58.4. The number of fused-ring (bicyclic) bond motifs is 5. The molecule has 1 aliphatic carbocycles. The van der Waals surface area contributed by atoms with Crippen molar-refractivity contribution in [3.63, 3.8) is 0 Å². The van der Waals surface area contributed by atoms with Gasteiger partial charge in [-0.2, -0.15) is 11.8 Å². The SMILES string of the molecule is CC[C@H](C)C[C@H](C)CCCCCCCCC(=O)N[C@H]1C[C@@H](O)[C@@H](NCCNC(=O)OCC2c3ccccc3-c3ccccc32)NC(=O)[C@@H]2[C@@H](O)CCN2C(=O)[C@H]([C@H](O)CCNC(=O)[C@H](Cc2ccccc2)N2C(=O)[C@@H](NC(=O)[C@H](CCSC)NC=O)CC2C)NC(=O)[C@H]([C@H](O)[C@@H](O)c2ccc(O)cc2)NC(=O)[C@@H]2C[C@@H](O)CN2C(=O)[C@H]([C@@H](C)O)NC1=O. The number of hydrogen-bond donors (Lipinski definition) is 18. The molecule has 0 bridgehead atoms. The number of unbranched alkanes of at least 4 members (excludes halogenated alkanes) is 5. The molecule has 4 aliphatic heterocycles. The van der Waals surface area contributed by atoms with Gasteiger partial charge in [0, 0.05) is 70.4 Å². The van der Waals surface area contributed by atoms with Crippen LogP contribution in [0.2, 0.25) is 0 Å². The summed E-state index contributed by atoms with van der Waals surface area (Å²) in [4.78, 5) is 177. The Morgan fingerprint density at radius 3 is 1.93 bits per heavy atom. The van der Waals surface area contributed by atoms with Crippen molar-refractivity contribution in [2.45, 2.75) is 259 Å². The molecule has 668 valence electrons. The van der Waals surface area contributed by atoms with Crippen LogP contribution in [0.1, 0.15) is 172 Å². The smallest absolute Gasteiger partial charge is 0.407 e. The largest absolute Gasteiger partial charge is 0.508 e. The van der Waals surface area contributed by atoms with Crippen molar-refractivity contribution in [2.24, 2.45) is 11.8 Å². The van der Waals surface area contributed by atoms with Crippen molar-refractivity contribution in [3.8, 4) is 16.9 Å². The highest BCUT2D eigenvalue weighted by molar-refractivity contribution is 7.98. The maximum absolute atomic E-state index is 15.8. The van der Waals surface area contributed by atoms with E-state index in [-0.39, 0.29) is 69.0 Å². The number of alkyl carbamates (subject to hydrolysis) is 1. The molecule has 34 nitrogen and oxygen atoms in total. The molecule has 1 unspecified atom stereocenters. The van der Waals surface area contributed by atoms with Crippen molar-refractivity contribution >= 4 is 83.3 Å². The second-order valence-electron chi connectivity index (χ2n) is 32.9. The van der Waals surface area contributed by atoms with E-state index in [1.165, 1.54) is 28.8 Å². The zero-order chi connectivity index (χ0) is 88.4. The van der Waals surface area contributed by atoms with E-state index in [2.05, 4.69) is 73.9 Å². The molecule has 9 rings (SSSR count). The highest BCUT2D eigenvalue weighted by atomic mass is 32.2. The molecule has 0 aromatic heterocycles. The molecule has 4 aromatic rings. The number of nitrogens with one attached hydrogen (secondary N) is 10. The topological polar surface area (TPSA) is 506 Å². The molecule has 0 saturated carbocycles. The molecule has 5 aliphatic rings. The van der Waals surface area contributed by atoms with E-state index in [4.69, 9.17) is 4.74 Å². The number of ether oxygens (including phenoxy) is 1. The van der Waals surface area contributed by atoms with Gasteiger partial charge in [0.05, 0.1) is 30.5 Å². The fourth-order valence-corrected chi connectivity index (χ4v) is 17.4. The lowest BCUT2D eigenvalue weighted by atomic mass is 9.91. The first-order valence-electron chi connectivity index (χ1n) is 42.6. The third-order valence-corrected chi connectivity index (χ3v) is 24.4. The van der Waals surface area contributed by atoms with Crippen LogP contribution in [0.25, 0.3) is 11.1 Å². The summed E-state index contributed by atoms with van der Waals surface area (Å²) < 4.78 is 5.77.